The van der Waals surface area contributed by atoms with Crippen molar-refractivity contribution < 1.29 is 9.53 Å². The monoisotopic (exact) mass is 280 g/mol. The zero-order valence-electron chi connectivity index (χ0n) is 13.1. The van der Waals surface area contributed by atoms with E-state index < -0.39 is 14.4 Å². The number of hydrogen-bond acceptors (Lipinski definition) is 2. The Morgan fingerprint density at radius 2 is 1.68 bits per heavy atom. The van der Waals surface area contributed by atoms with Crippen LogP contribution in [-0.4, -0.2) is 26.1 Å². The molecule has 0 amide bonds. The van der Waals surface area contributed by atoms with E-state index in [4.69, 9.17) is 4.43 Å². The lowest BCUT2D eigenvalue weighted by Crippen LogP contribution is -2.43. The standard InChI is InChI=1S/C16H28O2Si/c1-13(14-10-8-7-9-11-14)15(17)12-18-19(5,6)16(2,3)4/h7-11,13,15,17H,12H2,1-6H3/t13-,15-/m1/s1. The molecule has 0 bridgehead atoms. The normalized spacial score (nSPS) is 16.2. The molecule has 0 saturated heterocycles. The average Bonchev–Trinajstić information content (AvgIpc) is 2.35. The Morgan fingerprint density at radius 3 is 2.16 bits per heavy atom. The molecule has 0 unspecified atom stereocenters. The summed E-state index contributed by atoms with van der Waals surface area (Å²) in [5, 5.41) is 10.5. The molecule has 0 aromatic heterocycles. The van der Waals surface area contributed by atoms with Gasteiger partial charge < -0.3 is 9.53 Å². The Morgan fingerprint density at radius 1 is 1.16 bits per heavy atom. The van der Waals surface area contributed by atoms with E-state index in [1.165, 1.54) is 0 Å². The SMILES string of the molecule is C[C@H](c1ccccc1)[C@H](O)CO[Si](C)(C)C(C)(C)C. The van der Waals surface area contributed by atoms with Crippen molar-refractivity contribution in [2.45, 2.75) is 57.8 Å². The van der Waals surface area contributed by atoms with Crippen molar-refractivity contribution in [3.63, 3.8) is 0 Å². The first-order valence-corrected chi connectivity index (χ1v) is 9.93. The van der Waals surface area contributed by atoms with Crippen LogP contribution in [0.1, 0.15) is 39.2 Å². The van der Waals surface area contributed by atoms with Gasteiger partial charge in [-0.2, -0.15) is 0 Å². The van der Waals surface area contributed by atoms with Gasteiger partial charge in [-0.1, -0.05) is 58.0 Å². The molecule has 0 heterocycles. The van der Waals surface area contributed by atoms with Crippen LogP contribution in [-0.2, 0) is 4.43 Å². The quantitative estimate of drug-likeness (QED) is 0.820. The van der Waals surface area contributed by atoms with E-state index in [0.717, 1.165) is 5.56 Å². The third-order valence-electron chi connectivity index (χ3n) is 4.32. The van der Waals surface area contributed by atoms with Crippen LogP contribution < -0.4 is 0 Å². The number of benzene rings is 1. The number of rotatable bonds is 5. The van der Waals surface area contributed by atoms with Gasteiger partial charge in [-0.05, 0) is 23.7 Å². The lowest BCUT2D eigenvalue weighted by atomic mass is 9.96. The third kappa shape index (κ3) is 4.44. The predicted octanol–water partition coefficient (Wildman–Crippen LogP) is 4.17. The van der Waals surface area contributed by atoms with Crippen molar-refractivity contribution in [3.8, 4) is 0 Å². The Kier molecular flexibility index (Phi) is 5.36. The van der Waals surface area contributed by atoms with Crippen LogP contribution in [0.25, 0.3) is 0 Å². The molecule has 0 saturated carbocycles. The minimum atomic E-state index is -1.77. The van der Waals surface area contributed by atoms with Gasteiger partial charge in [-0.3, -0.25) is 0 Å². The van der Waals surface area contributed by atoms with Gasteiger partial charge in [0, 0.05) is 5.92 Å². The maximum atomic E-state index is 10.3. The first-order valence-electron chi connectivity index (χ1n) is 7.02. The maximum absolute atomic E-state index is 10.3. The Labute approximate surface area is 118 Å². The topological polar surface area (TPSA) is 29.5 Å². The molecule has 1 aromatic rings. The molecule has 1 N–H and O–H groups in total. The van der Waals surface area contributed by atoms with Gasteiger partial charge in [0.1, 0.15) is 0 Å². The molecule has 0 aliphatic carbocycles. The molecule has 19 heavy (non-hydrogen) atoms. The summed E-state index contributed by atoms with van der Waals surface area (Å²) in [6, 6.07) is 10.1. The van der Waals surface area contributed by atoms with Gasteiger partial charge >= 0.3 is 0 Å². The Balaban J connectivity index is 2.59. The van der Waals surface area contributed by atoms with Gasteiger partial charge in [0.25, 0.3) is 0 Å². The summed E-state index contributed by atoms with van der Waals surface area (Å²) in [7, 11) is -1.77. The summed E-state index contributed by atoms with van der Waals surface area (Å²) >= 11 is 0. The lowest BCUT2D eigenvalue weighted by molar-refractivity contribution is 0.0818. The first-order chi connectivity index (χ1) is 8.65. The Bertz CT molecular complexity index is 381. The van der Waals surface area contributed by atoms with E-state index in [1.54, 1.807) is 0 Å². The van der Waals surface area contributed by atoms with E-state index in [-0.39, 0.29) is 11.0 Å². The highest BCUT2D eigenvalue weighted by Crippen LogP contribution is 2.36. The van der Waals surface area contributed by atoms with Crippen molar-refractivity contribution in [3.05, 3.63) is 35.9 Å². The van der Waals surface area contributed by atoms with Crippen LogP contribution in [0.2, 0.25) is 18.1 Å². The van der Waals surface area contributed by atoms with E-state index >= 15 is 0 Å². The molecule has 2 atom stereocenters. The molecule has 108 valence electrons. The Hall–Kier alpha value is -0.643. The van der Waals surface area contributed by atoms with Gasteiger partial charge in [-0.25, -0.2) is 0 Å². The van der Waals surface area contributed by atoms with Gasteiger partial charge in [-0.15, -0.1) is 0 Å². The fourth-order valence-corrected chi connectivity index (χ4v) is 2.65. The summed E-state index contributed by atoms with van der Waals surface area (Å²) < 4.78 is 6.09. The van der Waals surface area contributed by atoms with E-state index in [0.29, 0.717) is 6.61 Å². The number of aliphatic hydroxyl groups is 1. The second kappa shape index (κ2) is 6.20. The van der Waals surface area contributed by atoms with E-state index in [2.05, 4.69) is 52.9 Å². The van der Waals surface area contributed by atoms with Crippen LogP contribution >= 0.6 is 0 Å². The fourth-order valence-electron chi connectivity index (χ4n) is 1.63. The third-order valence-corrected chi connectivity index (χ3v) is 8.82. The molecular weight excluding hydrogens is 252 g/mol. The van der Waals surface area contributed by atoms with Crippen LogP contribution in [0.4, 0.5) is 0 Å². The highest BCUT2D eigenvalue weighted by molar-refractivity contribution is 6.74. The molecule has 0 radical (unpaired) electrons. The number of aliphatic hydroxyl groups excluding tert-OH is 1. The zero-order valence-corrected chi connectivity index (χ0v) is 14.1. The van der Waals surface area contributed by atoms with Gasteiger partial charge in [0.2, 0.25) is 0 Å². The predicted molar refractivity (Wildman–Crippen MR) is 84.0 cm³/mol. The van der Waals surface area contributed by atoms with Crippen LogP contribution in [0.3, 0.4) is 0 Å². The molecule has 0 aliphatic heterocycles. The summed E-state index contributed by atoms with van der Waals surface area (Å²) in [4.78, 5) is 0. The molecule has 3 heteroatoms. The average molecular weight is 280 g/mol. The van der Waals surface area contributed by atoms with E-state index in [1.807, 2.05) is 18.2 Å². The molecule has 1 aromatic carbocycles. The fraction of sp³-hybridized carbons (Fsp3) is 0.625. The molecule has 0 fully saturated rings. The second-order valence-electron chi connectivity index (χ2n) is 6.84. The first kappa shape index (κ1) is 16.4. The molecule has 0 aliphatic rings. The summed E-state index contributed by atoms with van der Waals surface area (Å²) in [5.41, 5.74) is 1.16. The van der Waals surface area contributed by atoms with Crippen molar-refractivity contribution in [2.75, 3.05) is 6.61 Å². The summed E-state index contributed by atoms with van der Waals surface area (Å²) in [6.45, 7) is 13.5. The van der Waals surface area contributed by atoms with Crippen LogP contribution in [0.5, 0.6) is 0 Å². The highest BCUT2D eigenvalue weighted by atomic mass is 28.4. The van der Waals surface area contributed by atoms with Crippen LogP contribution in [0.15, 0.2) is 30.3 Å². The zero-order chi connectivity index (χ0) is 14.7. The van der Waals surface area contributed by atoms with Crippen LogP contribution in [0, 0.1) is 0 Å². The van der Waals surface area contributed by atoms with Gasteiger partial charge in [0.15, 0.2) is 8.32 Å². The minimum absolute atomic E-state index is 0.103. The largest absolute Gasteiger partial charge is 0.414 e. The lowest BCUT2D eigenvalue weighted by Gasteiger charge is -2.37. The second-order valence-corrected chi connectivity index (χ2v) is 11.6. The number of hydrogen-bond donors (Lipinski definition) is 1. The molecule has 1 rings (SSSR count). The van der Waals surface area contributed by atoms with E-state index in [9.17, 15) is 5.11 Å². The maximum Gasteiger partial charge on any atom is 0.192 e. The minimum Gasteiger partial charge on any atom is -0.414 e. The molecule has 0 spiro atoms. The smallest absolute Gasteiger partial charge is 0.192 e. The van der Waals surface area contributed by atoms with Gasteiger partial charge in [0.05, 0.1) is 12.7 Å². The van der Waals surface area contributed by atoms with Crippen molar-refractivity contribution in [2.24, 2.45) is 0 Å². The van der Waals surface area contributed by atoms with Crippen molar-refractivity contribution in [1.29, 1.82) is 0 Å². The molecular formula is C16H28O2Si. The molecule has 2 nitrogen and oxygen atoms in total. The summed E-state index contributed by atoms with van der Waals surface area (Å²) in [5.74, 6) is 0.103. The highest BCUT2D eigenvalue weighted by Gasteiger charge is 2.37. The van der Waals surface area contributed by atoms with Crippen molar-refractivity contribution >= 4 is 8.32 Å². The van der Waals surface area contributed by atoms with Crippen molar-refractivity contribution in [1.82, 2.24) is 0 Å². The summed E-state index contributed by atoms with van der Waals surface area (Å²) in [6.07, 6.45) is -0.448.